The normalized spacial score (nSPS) is 10.9. The lowest BCUT2D eigenvalue weighted by Crippen LogP contribution is -2.27. The third-order valence-electron chi connectivity index (χ3n) is 3.59. The highest BCUT2D eigenvalue weighted by Gasteiger charge is 2.17. The van der Waals surface area contributed by atoms with Crippen LogP contribution in [0.2, 0.25) is 5.02 Å². The summed E-state index contributed by atoms with van der Waals surface area (Å²) in [6.45, 7) is 2.00. The smallest absolute Gasteiger partial charge is 0.232 e. The van der Waals surface area contributed by atoms with E-state index in [2.05, 4.69) is 5.16 Å². The summed E-state index contributed by atoms with van der Waals surface area (Å²) in [6.07, 6.45) is 0.180. The van der Waals surface area contributed by atoms with Gasteiger partial charge in [-0.05, 0) is 37.3 Å². The molecule has 0 unspecified atom stereocenters. The zero-order chi connectivity index (χ0) is 15.7. The molecule has 0 aliphatic carbocycles. The monoisotopic (exact) mass is 314 g/mol. The van der Waals surface area contributed by atoms with Gasteiger partial charge in [0.1, 0.15) is 5.69 Å². The van der Waals surface area contributed by atoms with Gasteiger partial charge in [-0.25, -0.2) is 0 Å². The fraction of sp³-hybridized carbons (Fsp3) is 0.176. The molecule has 0 saturated carbocycles. The molecular weight excluding hydrogens is 300 g/mol. The Kier molecular flexibility index (Phi) is 3.86. The summed E-state index contributed by atoms with van der Waals surface area (Å²) >= 11 is 5.97. The van der Waals surface area contributed by atoms with Gasteiger partial charge < -0.3 is 9.42 Å². The van der Waals surface area contributed by atoms with Gasteiger partial charge >= 0.3 is 0 Å². The number of hydrogen-bond acceptors (Lipinski definition) is 3. The van der Waals surface area contributed by atoms with Crippen LogP contribution in [0.15, 0.2) is 47.0 Å². The van der Waals surface area contributed by atoms with E-state index in [0.717, 1.165) is 16.6 Å². The Bertz CT molecular complexity index is 842. The molecule has 0 N–H and O–H groups in total. The van der Waals surface area contributed by atoms with E-state index in [-0.39, 0.29) is 12.3 Å². The van der Waals surface area contributed by atoms with Crippen molar-refractivity contribution < 1.29 is 9.32 Å². The molecule has 0 radical (unpaired) electrons. The van der Waals surface area contributed by atoms with Crippen LogP contribution in [0.4, 0.5) is 5.69 Å². The van der Waals surface area contributed by atoms with Crippen molar-refractivity contribution in [2.24, 2.45) is 0 Å². The number of aryl methyl sites for hydroxylation is 1. The summed E-state index contributed by atoms with van der Waals surface area (Å²) in [5, 5.41) is 5.50. The van der Waals surface area contributed by atoms with E-state index >= 15 is 0 Å². The zero-order valence-electron chi connectivity index (χ0n) is 12.3. The van der Waals surface area contributed by atoms with Gasteiger partial charge in [-0.3, -0.25) is 4.79 Å². The van der Waals surface area contributed by atoms with Gasteiger partial charge in [0.15, 0.2) is 5.58 Å². The molecule has 2 aromatic carbocycles. The van der Waals surface area contributed by atoms with Crippen molar-refractivity contribution in [3.05, 3.63) is 58.7 Å². The summed E-state index contributed by atoms with van der Waals surface area (Å²) in [6, 6.07) is 13.0. The van der Waals surface area contributed by atoms with Crippen LogP contribution in [-0.2, 0) is 11.2 Å². The number of nitrogens with zero attached hydrogens (tertiary/aromatic N) is 2. The molecule has 3 aromatic rings. The van der Waals surface area contributed by atoms with E-state index < -0.39 is 0 Å². The summed E-state index contributed by atoms with van der Waals surface area (Å²) in [5.74, 6) is -0.0704. The predicted molar refractivity (Wildman–Crippen MR) is 87.3 cm³/mol. The first-order valence-corrected chi connectivity index (χ1v) is 7.29. The minimum Gasteiger partial charge on any atom is -0.356 e. The summed E-state index contributed by atoms with van der Waals surface area (Å²) < 4.78 is 5.27. The van der Waals surface area contributed by atoms with Gasteiger partial charge in [0.25, 0.3) is 0 Å². The van der Waals surface area contributed by atoms with Crippen LogP contribution < -0.4 is 4.90 Å². The molecule has 0 fully saturated rings. The van der Waals surface area contributed by atoms with Crippen molar-refractivity contribution in [1.82, 2.24) is 5.16 Å². The van der Waals surface area contributed by atoms with E-state index in [1.54, 1.807) is 24.1 Å². The molecule has 0 bridgehead atoms. The lowest BCUT2D eigenvalue weighted by Gasteiger charge is -2.17. The number of aromatic nitrogens is 1. The average Bonchev–Trinajstić information content (AvgIpc) is 2.88. The van der Waals surface area contributed by atoms with Crippen LogP contribution >= 0.6 is 11.6 Å². The van der Waals surface area contributed by atoms with Crippen LogP contribution in [0.3, 0.4) is 0 Å². The van der Waals surface area contributed by atoms with E-state index in [1.807, 2.05) is 37.3 Å². The van der Waals surface area contributed by atoms with Gasteiger partial charge in [0, 0.05) is 23.1 Å². The SMILES string of the molecule is Cc1ccc2onc(CC(=O)N(C)c3cccc(Cl)c3)c2c1. The first-order chi connectivity index (χ1) is 10.5. The Labute approximate surface area is 133 Å². The number of carbonyl (C=O) groups excluding carboxylic acids is 1. The summed E-state index contributed by atoms with van der Waals surface area (Å²) in [5.41, 5.74) is 3.20. The highest BCUT2D eigenvalue weighted by atomic mass is 35.5. The number of anilines is 1. The van der Waals surface area contributed by atoms with Crippen LogP contribution in [0, 0.1) is 6.92 Å². The minimum absolute atomic E-state index is 0.0704. The number of amides is 1. The number of rotatable bonds is 3. The number of halogens is 1. The highest BCUT2D eigenvalue weighted by Crippen LogP contribution is 2.22. The van der Waals surface area contributed by atoms with Crippen molar-refractivity contribution in [2.45, 2.75) is 13.3 Å². The lowest BCUT2D eigenvalue weighted by atomic mass is 10.1. The molecule has 1 amide bonds. The van der Waals surface area contributed by atoms with E-state index in [4.69, 9.17) is 16.1 Å². The first kappa shape index (κ1) is 14.6. The van der Waals surface area contributed by atoms with Crippen LogP contribution in [0.1, 0.15) is 11.3 Å². The number of carbonyl (C=O) groups is 1. The molecule has 0 aliphatic rings. The fourth-order valence-electron chi connectivity index (χ4n) is 2.32. The van der Waals surface area contributed by atoms with E-state index in [0.29, 0.717) is 16.3 Å². The standard InChI is InChI=1S/C17H15ClN2O2/c1-11-6-7-16-14(8-11)15(19-22-16)10-17(21)20(2)13-5-3-4-12(18)9-13/h3-9H,10H2,1-2H3. The maximum atomic E-state index is 12.5. The molecule has 1 aromatic heterocycles. The second kappa shape index (κ2) is 5.81. The van der Waals surface area contributed by atoms with Crippen molar-refractivity contribution in [3.8, 4) is 0 Å². The molecule has 112 valence electrons. The summed E-state index contributed by atoms with van der Waals surface area (Å²) in [4.78, 5) is 14.0. The quantitative estimate of drug-likeness (QED) is 0.734. The molecule has 0 spiro atoms. The van der Waals surface area contributed by atoms with E-state index in [1.165, 1.54) is 0 Å². The van der Waals surface area contributed by atoms with Gasteiger partial charge in [-0.1, -0.05) is 34.5 Å². The molecule has 0 atom stereocenters. The Hall–Kier alpha value is -2.33. The second-order valence-electron chi connectivity index (χ2n) is 5.24. The molecule has 0 aliphatic heterocycles. The Balaban J connectivity index is 1.85. The second-order valence-corrected chi connectivity index (χ2v) is 5.67. The lowest BCUT2D eigenvalue weighted by molar-refractivity contribution is -0.117. The third-order valence-corrected chi connectivity index (χ3v) is 3.82. The number of hydrogen-bond donors (Lipinski definition) is 0. The Morgan fingerprint density at radius 2 is 2.09 bits per heavy atom. The first-order valence-electron chi connectivity index (χ1n) is 6.91. The van der Waals surface area contributed by atoms with Crippen LogP contribution in [-0.4, -0.2) is 18.1 Å². The van der Waals surface area contributed by atoms with Crippen molar-refractivity contribution in [2.75, 3.05) is 11.9 Å². The molecule has 4 nitrogen and oxygen atoms in total. The zero-order valence-corrected chi connectivity index (χ0v) is 13.1. The third kappa shape index (κ3) is 2.83. The van der Waals surface area contributed by atoms with Gasteiger partial charge in [0.2, 0.25) is 5.91 Å². The van der Waals surface area contributed by atoms with Crippen molar-refractivity contribution in [1.29, 1.82) is 0 Å². The highest BCUT2D eigenvalue weighted by molar-refractivity contribution is 6.30. The molecule has 0 saturated heterocycles. The molecular formula is C17H15ClN2O2. The largest absolute Gasteiger partial charge is 0.356 e. The maximum Gasteiger partial charge on any atom is 0.232 e. The minimum atomic E-state index is -0.0704. The van der Waals surface area contributed by atoms with Gasteiger partial charge in [-0.2, -0.15) is 0 Å². The fourth-order valence-corrected chi connectivity index (χ4v) is 2.50. The van der Waals surface area contributed by atoms with Crippen molar-refractivity contribution in [3.63, 3.8) is 0 Å². The van der Waals surface area contributed by atoms with Crippen LogP contribution in [0.5, 0.6) is 0 Å². The molecule has 1 heterocycles. The number of likely N-dealkylation sites (N-methyl/N-ethyl adjacent to an activating group) is 1. The van der Waals surface area contributed by atoms with E-state index in [9.17, 15) is 4.79 Å². The topological polar surface area (TPSA) is 46.3 Å². The Morgan fingerprint density at radius 1 is 1.27 bits per heavy atom. The summed E-state index contributed by atoms with van der Waals surface area (Å²) in [7, 11) is 1.72. The number of fused-ring (bicyclic) bond motifs is 1. The van der Waals surface area contributed by atoms with Crippen LogP contribution in [0.25, 0.3) is 11.0 Å². The molecule has 3 rings (SSSR count). The predicted octanol–water partition coefficient (Wildman–Crippen LogP) is 4.00. The van der Waals surface area contributed by atoms with Crippen molar-refractivity contribution >= 4 is 34.2 Å². The Morgan fingerprint density at radius 3 is 2.86 bits per heavy atom. The average molecular weight is 315 g/mol. The maximum absolute atomic E-state index is 12.5. The van der Waals surface area contributed by atoms with Gasteiger partial charge in [-0.15, -0.1) is 0 Å². The van der Waals surface area contributed by atoms with Gasteiger partial charge in [0.05, 0.1) is 6.42 Å². The number of benzene rings is 2. The molecule has 5 heteroatoms. The molecule has 22 heavy (non-hydrogen) atoms.